The summed E-state index contributed by atoms with van der Waals surface area (Å²) < 4.78 is 32.0. The van der Waals surface area contributed by atoms with Crippen molar-refractivity contribution < 1.29 is 17.9 Å². The van der Waals surface area contributed by atoms with E-state index in [0.29, 0.717) is 12.2 Å². The highest BCUT2D eigenvalue weighted by Crippen LogP contribution is 2.29. The molecule has 1 aliphatic rings. The second kappa shape index (κ2) is 7.74. The summed E-state index contributed by atoms with van der Waals surface area (Å²) in [6, 6.07) is 7.86. The molecule has 140 valence electrons. The summed E-state index contributed by atoms with van der Waals surface area (Å²) in [4.78, 5) is 13.0. The molecule has 0 aliphatic carbocycles. The Hall–Kier alpha value is -1.60. The third-order valence-electron chi connectivity index (χ3n) is 4.05. The number of anilines is 1. The fraction of sp³-hybridized carbons (Fsp3) is 0.611. The highest BCUT2D eigenvalue weighted by Gasteiger charge is 2.41. The van der Waals surface area contributed by atoms with Crippen LogP contribution in [-0.4, -0.2) is 45.4 Å². The summed E-state index contributed by atoms with van der Waals surface area (Å²) in [7, 11) is -3.66. The molecule has 0 amide bonds. The number of rotatable bonds is 5. The summed E-state index contributed by atoms with van der Waals surface area (Å²) >= 11 is 0. The number of sulfonamides is 1. The molecule has 1 fully saturated rings. The van der Waals surface area contributed by atoms with Gasteiger partial charge in [-0.25, -0.2) is 13.2 Å². The molecule has 1 heterocycles. The molecule has 0 spiro atoms. The van der Waals surface area contributed by atoms with Gasteiger partial charge in [0, 0.05) is 12.5 Å². The van der Waals surface area contributed by atoms with Crippen LogP contribution in [-0.2, 0) is 19.6 Å². The minimum atomic E-state index is -3.66. The van der Waals surface area contributed by atoms with Gasteiger partial charge >= 0.3 is 5.97 Å². The van der Waals surface area contributed by atoms with E-state index in [2.05, 4.69) is 5.32 Å². The van der Waals surface area contributed by atoms with Crippen molar-refractivity contribution in [2.24, 2.45) is 5.92 Å². The first-order valence-electron chi connectivity index (χ1n) is 8.57. The normalized spacial score (nSPS) is 19.9. The van der Waals surface area contributed by atoms with Gasteiger partial charge in [0.05, 0.1) is 11.9 Å². The fourth-order valence-electron chi connectivity index (χ4n) is 3.12. The lowest BCUT2D eigenvalue weighted by molar-refractivity contribution is -0.157. The van der Waals surface area contributed by atoms with Crippen LogP contribution in [0, 0.1) is 5.92 Å². The molecule has 1 aromatic rings. The first-order chi connectivity index (χ1) is 11.6. The van der Waals surface area contributed by atoms with E-state index in [9.17, 15) is 13.2 Å². The van der Waals surface area contributed by atoms with Crippen LogP contribution in [0.15, 0.2) is 30.3 Å². The first-order valence-corrected chi connectivity index (χ1v) is 10.4. The Labute approximate surface area is 150 Å². The number of nitrogens with zero attached hydrogens (tertiary/aromatic N) is 1. The maximum Gasteiger partial charge on any atom is 0.330 e. The van der Waals surface area contributed by atoms with Gasteiger partial charge in [0.2, 0.25) is 10.0 Å². The van der Waals surface area contributed by atoms with Gasteiger partial charge in [-0.15, -0.1) is 0 Å². The molecule has 1 aliphatic heterocycles. The molecule has 0 radical (unpaired) electrons. The molecule has 7 heteroatoms. The molecule has 1 saturated heterocycles. The van der Waals surface area contributed by atoms with Gasteiger partial charge in [-0.05, 0) is 52.3 Å². The number of carbonyl (C=O) groups is 1. The van der Waals surface area contributed by atoms with E-state index in [1.165, 1.54) is 4.31 Å². The molecule has 25 heavy (non-hydrogen) atoms. The van der Waals surface area contributed by atoms with Crippen molar-refractivity contribution in [3.63, 3.8) is 0 Å². The smallest absolute Gasteiger partial charge is 0.330 e. The third kappa shape index (κ3) is 5.44. The highest BCUT2D eigenvalue weighted by molar-refractivity contribution is 7.92. The van der Waals surface area contributed by atoms with Crippen LogP contribution in [0.5, 0.6) is 0 Å². The van der Waals surface area contributed by atoms with Crippen molar-refractivity contribution in [1.29, 1.82) is 0 Å². The third-order valence-corrected chi connectivity index (χ3v) is 5.20. The summed E-state index contributed by atoms with van der Waals surface area (Å²) in [6.07, 6.45) is 2.81. The van der Waals surface area contributed by atoms with Crippen LogP contribution >= 0.6 is 0 Å². The molecule has 1 N–H and O–H groups in total. The maximum atomic E-state index is 13.0. The van der Waals surface area contributed by atoms with Gasteiger partial charge in [0.25, 0.3) is 0 Å². The Morgan fingerprint density at radius 1 is 1.28 bits per heavy atom. The number of nitrogens with one attached hydrogen (secondary N) is 1. The van der Waals surface area contributed by atoms with Crippen LogP contribution in [0.1, 0.15) is 33.6 Å². The SMILES string of the molecule is CC(C)(C)OC(=O)C(C1CCCNC1)N(c1ccccc1)S(C)(=O)=O. The number of para-hydroxylation sites is 1. The molecule has 0 bridgehead atoms. The van der Waals surface area contributed by atoms with Crippen molar-refractivity contribution in [1.82, 2.24) is 5.32 Å². The molecule has 0 aromatic heterocycles. The van der Waals surface area contributed by atoms with Gasteiger partial charge in [-0.2, -0.15) is 0 Å². The zero-order valence-corrected chi connectivity index (χ0v) is 16.2. The molecular weight excluding hydrogens is 340 g/mol. The number of ether oxygens (including phenoxy) is 1. The zero-order chi connectivity index (χ0) is 18.7. The standard InChI is InChI=1S/C18H28N2O4S/c1-18(2,3)24-17(21)16(14-9-8-12-19-13-14)20(25(4,22)23)15-10-6-5-7-11-15/h5-7,10-11,14,16,19H,8-9,12-13H2,1-4H3. The quantitative estimate of drug-likeness (QED) is 0.806. The van der Waals surface area contributed by atoms with Crippen LogP contribution in [0.25, 0.3) is 0 Å². The maximum absolute atomic E-state index is 13.0. The van der Waals surface area contributed by atoms with Crippen molar-refractivity contribution in [2.45, 2.75) is 45.3 Å². The summed E-state index contributed by atoms with van der Waals surface area (Å²) in [5.41, 5.74) is -0.205. The van der Waals surface area contributed by atoms with Gasteiger partial charge < -0.3 is 10.1 Å². The number of hydrogen-bond acceptors (Lipinski definition) is 5. The van der Waals surface area contributed by atoms with Crippen molar-refractivity contribution in [3.8, 4) is 0 Å². The van der Waals surface area contributed by atoms with Gasteiger partial charge in [-0.1, -0.05) is 18.2 Å². The topological polar surface area (TPSA) is 75.7 Å². The Morgan fingerprint density at radius 2 is 1.92 bits per heavy atom. The number of esters is 1. The Kier molecular flexibility index (Phi) is 6.11. The lowest BCUT2D eigenvalue weighted by Crippen LogP contribution is -2.54. The minimum absolute atomic E-state index is 0.140. The largest absolute Gasteiger partial charge is 0.458 e. The number of carbonyl (C=O) groups excluding carboxylic acids is 1. The van der Waals surface area contributed by atoms with E-state index in [0.717, 1.165) is 25.6 Å². The fourth-order valence-corrected chi connectivity index (χ4v) is 4.30. The molecule has 2 atom stereocenters. The predicted octanol–water partition coefficient (Wildman–Crippen LogP) is 2.16. The summed E-state index contributed by atoms with van der Waals surface area (Å²) in [5, 5.41) is 3.26. The number of hydrogen-bond donors (Lipinski definition) is 1. The minimum Gasteiger partial charge on any atom is -0.458 e. The van der Waals surface area contributed by atoms with E-state index in [1.54, 1.807) is 45.0 Å². The van der Waals surface area contributed by atoms with E-state index >= 15 is 0 Å². The Bertz CT molecular complexity index is 677. The Morgan fingerprint density at radius 3 is 2.40 bits per heavy atom. The van der Waals surface area contributed by atoms with Crippen LogP contribution in [0.4, 0.5) is 5.69 Å². The monoisotopic (exact) mass is 368 g/mol. The first kappa shape index (κ1) is 19.7. The summed E-state index contributed by atoms with van der Waals surface area (Å²) in [5.74, 6) is -0.644. The zero-order valence-electron chi connectivity index (χ0n) is 15.4. The van der Waals surface area contributed by atoms with E-state index in [4.69, 9.17) is 4.74 Å². The van der Waals surface area contributed by atoms with Gasteiger partial charge in [0.1, 0.15) is 11.6 Å². The molecular formula is C18H28N2O4S. The molecule has 2 rings (SSSR count). The average molecular weight is 368 g/mol. The molecule has 6 nitrogen and oxygen atoms in total. The van der Waals surface area contributed by atoms with Gasteiger partial charge in [-0.3, -0.25) is 4.31 Å². The molecule has 2 unspecified atom stereocenters. The van der Waals surface area contributed by atoms with Crippen LogP contribution in [0.2, 0.25) is 0 Å². The second-order valence-corrected chi connectivity index (χ2v) is 9.34. The van der Waals surface area contributed by atoms with E-state index < -0.39 is 27.6 Å². The lowest BCUT2D eigenvalue weighted by Gasteiger charge is -2.38. The van der Waals surface area contributed by atoms with E-state index in [-0.39, 0.29) is 5.92 Å². The van der Waals surface area contributed by atoms with Crippen molar-refractivity contribution in [3.05, 3.63) is 30.3 Å². The van der Waals surface area contributed by atoms with E-state index in [1.807, 2.05) is 6.07 Å². The summed E-state index contributed by atoms with van der Waals surface area (Å²) in [6.45, 7) is 6.82. The average Bonchev–Trinajstić information content (AvgIpc) is 2.51. The number of piperidine rings is 1. The Balaban J connectivity index is 2.47. The van der Waals surface area contributed by atoms with Gasteiger partial charge in [0.15, 0.2) is 0 Å². The molecule has 0 saturated carbocycles. The number of benzene rings is 1. The highest BCUT2D eigenvalue weighted by atomic mass is 32.2. The van der Waals surface area contributed by atoms with Crippen molar-refractivity contribution in [2.75, 3.05) is 23.7 Å². The van der Waals surface area contributed by atoms with Crippen LogP contribution < -0.4 is 9.62 Å². The predicted molar refractivity (Wildman–Crippen MR) is 99.0 cm³/mol. The van der Waals surface area contributed by atoms with Crippen molar-refractivity contribution >= 4 is 21.7 Å². The van der Waals surface area contributed by atoms with Crippen LogP contribution in [0.3, 0.4) is 0 Å². The lowest BCUT2D eigenvalue weighted by atomic mass is 9.91. The second-order valence-electron chi connectivity index (χ2n) is 7.48. The molecule has 1 aromatic carbocycles.